The van der Waals surface area contributed by atoms with Crippen molar-refractivity contribution in [1.29, 1.82) is 0 Å². The summed E-state index contributed by atoms with van der Waals surface area (Å²) >= 11 is 0. The molecule has 0 radical (unpaired) electrons. The van der Waals surface area contributed by atoms with Gasteiger partial charge in [-0.25, -0.2) is 0 Å². The van der Waals surface area contributed by atoms with Gasteiger partial charge in [-0.2, -0.15) is 0 Å². The van der Waals surface area contributed by atoms with Crippen LogP contribution in [0.4, 0.5) is 0 Å². The Kier molecular flexibility index (Phi) is 16.7. The number of aromatic amines is 2. The van der Waals surface area contributed by atoms with E-state index in [0.717, 1.165) is 44.9 Å². The maximum absolute atomic E-state index is 14.5. The van der Waals surface area contributed by atoms with Gasteiger partial charge < -0.3 is 42.3 Å². The van der Waals surface area contributed by atoms with Crippen molar-refractivity contribution in [2.75, 3.05) is 6.54 Å². The Hall–Kier alpha value is -5.95. The molecule has 2 heterocycles. The lowest BCUT2D eigenvalue weighted by atomic mass is 9.98. The minimum absolute atomic E-state index is 0.0000521. The molecule has 0 spiro atoms. The van der Waals surface area contributed by atoms with E-state index >= 15 is 0 Å². The van der Waals surface area contributed by atoms with Crippen molar-refractivity contribution in [1.82, 2.24) is 36.6 Å². The molecule has 0 saturated heterocycles. The van der Waals surface area contributed by atoms with E-state index in [-0.39, 0.29) is 43.4 Å². The quantitative estimate of drug-likeness (QED) is 0.0471. The Bertz CT molecular complexity index is 2230. The number of carbonyl (C=O) groups excluding carboxylic acids is 5. The molecule has 5 atom stereocenters. The summed E-state index contributed by atoms with van der Waals surface area (Å²) in [6.07, 6.45) is 5.59. The SMILES string of the molecule is CC(C)CCNC(=O)[C@H](CC(C)C)NC(=O)[C@H](CC(C)C)NC(=O)[C@@H](Cc1c[nH]c2ccccc12)NC(=O)[C@H](Cc1ccccc1)NC(=O)[C@H](N)Cc1c[nH]c2ccccc12. The molecule has 0 saturated carbocycles. The molecule has 0 bridgehead atoms. The van der Waals surface area contributed by atoms with Gasteiger partial charge in [0.2, 0.25) is 29.5 Å². The molecule has 5 rings (SSSR count). The van der Waals surface area contributed by atoms with Crippen LogP contribution in [0.1, 0.15) is 77.5 Å². The number of nitrogens with one attached hydrogen (secondary N) is 7. The Morgan fingerprint density at radius 1 is 0.508 bits per heavy atom. The summed E-state index contributed by atoms with van der Waals surface area (Å²) in [6, 6.07) is 19.7. The first-order valence-electron chi connectivity index (χ1n) is 21.6. The number of amides is 5. The van der Waals surface area contributed by atoms with Crippen molar-refractivity contribution >= 4 is 51.3 Å². The molecule has 13 nitrogen and oxygen atoms in total. The molecule has 61 heavy (non-hydrogen) atoms. The van der Waals surface area contributed by atoms with Gasteiger partial charge in [0.05, 0.1) is 6.04 Å². The van der Waals surface area contributed by atoms with Gasteiger partial charge in [-0.3, -0.25) is 24.0 Å². The molecular weight excluding hydrogens is 769 g/mol. The number of aromatic nitrogens is 2. The van der Waals surface area contributed by atoms with Gasteiger partial charge in [0.25, 0.3) is 0 Å². The van der Waals surface area contributed by atoms with Crippen molar-refractivity contribution in [3.63, 3.8) is 0 Å². The van der Waals surface area contributed by atoms with Crippen LogP contribution in [0.3, 0.4) is 0 Å². The highest BCUT2D eigenvalue weighted by Gasteiger charge is 2.33. The third-order valence-corrected chi connectivity index (χ3v) is 10.8. The Morgan fingerprint density at radius 2 is 0.951 bits per heavy atom. The summed E-state index contributed by atoms with van der Waals surface area (Å²) in [5.41, 5.74) is 10.7. The lowest BCUT2D eigenvalue weighted by Gasteiger charge is -2.28. The van der Waals surface area contributed by atoms with Crippen molar-refractivity contribution in [2.45, 2.75) is 110 Å². The summed E-state index contributed by atoms with van der Waals surface area (Å²) in [7, 11) is 0. The number of para-hydroxylation sites is 2. The van der Waals surface area contributed by atoms with Crippen LogP contribution in [0, 0.1) is 17.8 Å². The van der Waals surface area contributed by atoms with Crippen LogP contribution in [0.2, 0.25) is 0 Å². The van der Waals surface area contributed by atoms with Gasteiger partial charge in [0.15, 0.2) is 0 Å². The zero-order valence-electron chi connectivity index (χ0n) is 36.3. The molecule has 326 valence electrons. The molecular formula is C48H64N8O5. The minimum Gasteiger partial charge on any atom is -0.361 e. The maximum atomic E-state index is 14.5. The number of fused-ring (bicyclic) bond motifs is 2. The van der Waals surface area contributed by atoms with Crippen LogP contribution < -0.4 is 32.3 Å². The third-order valence-electron chi connectivity index (χ3n) is 10.8. The highest BCUT2D eigenvalue weighted by molar-refractivity contribution is 5.97. The second-order valence-corrected chi connectivity index (χ2v) is 17.4. The Balaban J connectivity index is 1.39. The van der Waals surface area contributed by atoms with E-state index in [9.17, 15) is 24.0 Å². The second-order valence-electron chi connectivity index (χ2n) is 17.4. The van der Waals surface area contributed by atoms with Gasteiger partial charge in [-0.15, -0.1) is 0 Å². The first-order chi connectivity index (χ1) is 29.2. The molecule has 13 heteroatoms. The van der Waals surface area contributed by atoms with Gasteiger partial charge in [0.1, 0.15) is 24.2 Å². The predicted molar refractivity (Wildman–Crippen MR) is 241 cm³/mol. The Labute approximate surface area is 359 Å². The molecule has 0 fully saturated rings. The van der Waals surface area contributed by atoms with E-state index < -0.39 is 53.8 Å². The summed E-state index contributed by atoms with van der Waals surface area (Å²) < 4.78 is 0. The fraction of sp³-hybridized carbons (Fsp3) is 0.438. The van der Waals surface area contributed by atoms with Crippen LogP contribution in [-0.2, 0) is 43.2 Å². The number of rotatable bonds is 22. The fourth-order valence-corrected chi connectivity index (χ4v) is 7.53. The smallest absolute Gasteiger partial charge is 0.243 e. The molecule has 0 aliphatic heterocycles. The summed E-state index contributed by atoms with van der Waals surface area (Å²) in [5, 5.41) is 16.5. The lowest BCUT2D eigenvalue weighted by Crippen LogP contribution is -2.60. The summed E-state index contributed by atoms with van der Waals surface area (Å²) in [5.74, 6) is -1.92. The zero-order chi connectivity index (χ0) is 44.1. The topological polar surface area (TPSA) is 203 Å². The van der Waals surface area contributed by atoms with Gasteiger partial charge >= 0.3 is 0 Å². The van der Waals surface area contributed by atoms with Crippen molar-refractivity contribution in [2.24, 2.45) is 23.5 Å². The van der Waals surface area contributed by atoms with E-state index in [4.69, 9.17) is 5.73 Å². The Morgan fingerprint density at radius 3 is 1.49 bits per heavy atom. The summed E-state index contributed by atoms with van der Waals surface area (Å²) in [6.45, 7) is 12.5. The largest absolute Gasteiger partial charge is 0.361 e. The maximum Gasteiger partial charge on any atom is 0.243 e. The molecule has 2 aromatic heterocycles. The van der Waals surface area contributed by atoms with Gasteiger partial charge in [-0.05, 0) is 72.3 Å². The van der Waals surface area contributed by atoms with E-state index in [2.05, 4.69) is 50.4 Å². The van der Waals surface area contributed by atoms with Gasteiger partial charge in [-0.1, -0.05) is 108 Å². The molecule has 5 amide bonds. The minimum atomic E-state index is -1.16. The number of nitrogens with two attached hydrogens (primary N) is 1. The second kappa shape index (κ2) is 22.1. The first-order valence-corrected chi connectivity index (χ1v) is 21.6. The number of hydrogen-bond donors (Lipinski definition) is 8. The average Bonchev–Trinajstić information content (AvgIpc) is 3.83. The number of hydrogen-bond acceptors (Lipinski definition) is 6. The molecule has 0 aliphatic rings. The number of benzene rings is 3. The van der Waals surface area contributed by atoms with E-state index in [1.165, 1.54) is 0 Å². The highest BCUT2D eigenvalue weighted by Crippen LogP contribution is 2.21. The lowest BCUT2D eigenvalue weighted by molar-refractivity contribution is -0.135. The molecule has 5 aromatic rings. The van der Waals surface area contributed by atoms with E-state index in [1.54, 1.807) is 6.20 Å². The first kappa shape index (κ1) is 46.1. The molecule has 0 aliphatic carbocycles. The van der Waals surface area contributed by atoms with Crippen LogP contribution in [0.25, 0.3) is 21.8 Å². The van der Waals surface area contributed by atoms with Crippen LogP contribution in [-0.4, -0.2) is 76.3 Å². The number of carbonyl (C=O) groups is 5. The van der Waals surface area contributed by atoms with Crippen LogP contribution in [0.15, 0.2) is 91.3 Å². The monoisotopic (exact) mass is 832 g/mol. The van der Waals surface area contributed by atoms with Crippen LogP contribution >= 0.6 is 0 Å². The van der Waals surface area contributed by atoms with E-state index in [0.29, 0.717) is 18.9 Å². The predicted octanol–water partition coefficient (Wildman–Crippen LogP) is 5.20. The zero-order valence-corrected chi connectivity index (χ0v) is 36.3. The highest BCUT2D eigenvalue weighted by atomic mass is 16.2. The van der Waals surface area contributed by atoms with E-state index in [1.807, 2.05) is 113 Å². The molecule has 9 N–H and O–H groups in total. The van der Waals surface area contributed by atoms with Gasteiger partial charge in [0, 0.05) is 53.6 Å². The standard InChI is InChI=1S/C48H64N8O5/c1-29(2)20-21-50-45(58)40(22-30(3)4)54-46(59)41(23-31(5)6)55-48(61)43(26-34-28-52-39-19-13-11-17-36(34)39)56-47(60)42(24-32-14-8-7-9-15-32)53-44(57)37(49)25-33-27-51-38-18-12-10-16-35(33)38/h7-19,27-31,37,40-43,51-52H,20-26,49H2,1-6H3,(H,50,58)(H,53,57)(H,54,59)(H,55,61)(H,56,60)/t37-,40+,41+,42+,43-/m1/s1. The average molecular weight is 833 g/mol. The van der Waals surface area contributed by atoms with Crippen LogP contribution in [0.5, 0.6) is 0 Å². The number of H-pyrrole nitrogens is 2. The van der Waals surface area contributed by atoms with Crippen molar-refractivity contribution in [3.8, 4) is 0 Å². The molecule has 0 unspecified atom stereocenters. The molecule has 3 aromatic carbocycles. The normalized spacial score (nSPS) is 14.1. The summed E-state index contributed by atoms with van der Waals surface area (Å²) in [4.78, 5) is 76.6. The third kappa shape index (κ3) is 13.5. The van der Waals surface area contributed by atoms with Crippen molar-refractivity contribution in [3.05, 3.63) is 108 Å². The van der Waals surface area contributed by atoms with Crippen molar-refractivity contribution < 1.29 is 24.0 Å². The fourth-order valence-electron chi connectivity index (χ4n) is 7.53.